The monoisotopic (exact) mass is 397 g/mol. The fourth-order valence-corrected chi connectivity index (χ4v) is 3.67. The van der Waals surface area contributed by atoms with Gasteiger partial charge < -0.3 is 9.30 Å². The zero-order chi connectivity index (χ0) is 21.7. The Kier molecular flexibility index (Phi) is 6.35. The second-order valence-electron chi connectivity index (χ2n) is 6.92. The largest absolute Gasteiger partial charge is 0.461 e. The lowest BCUT2D eigenvalue weighted by atomic mass is 9.99. The van der Waals surface area contributed by atoms with Crippen molar-refractivity contribution in [1.82, 2.24) is 4.57 Å². The van der Waals surface area contributed by atoms with E-state index in [9.17, 15) is 4.79 Å². The minimum absolute atomic E-state index is 0.281. The normalized spacial score (nSPS) is 10.3. The third kappa shape index (κ3) is 3.97. The Bertz CT molecular complexity index is 1140. The Morgan fingerprint density at radius 1 is 0.967 bits per heavy atom. The summed E-state index contributed by atoms with van der Waals surface area (Å²) in [5.74, 6) is -0.413. The topological polar surface area (TPSA) is 40.0 Å². The van der Waals surface area contributed by atoms with E-state index >= 15 is 0 Å². The van der Waals surface area contributed by atoms with Crippen LogP contribution in [0.4, 0.5) is 11.4 Å². The molecule has 3 aromatic rings. The molecular weight excluding hydrogens is 374 g/mol. The molecule has 2 aromatic carbocycles. The van der Waals surface area contributed by atoms with Crippen molar-refractivity contribution in [3.05, 3.63) is 93.9 Å². The third-order valence-electron chi connectivity index (χ3n) is 5.12. The molecule has 0 saturated heterocycles. The van der Waals surface area contributed by atoms with Crippen molar-refractivity contribution in [2.75, 3.05) is 6.61 Å². The number of aromatic nitrogens is 1. The summed E-state index contributed by atoms with van der Waals surface area (Å²) < 4.78 is 7.05. The van der Waals surface area contributed by atoms with Gasteiger partial charge in [-0.25, -0.2) is 14.5 Å². The van der Waals surface area contributed by atoms with E-state index < -0.39 is 5.97 Å². The molecule has 0 saturated carbocycles. The molecule has 0 aliphatic heterocycles. The highest BCUT2D eigenvalue weighted by Gasteiger charge is 2.26. The maximum Gasteiger partial charge on any atom is 0.354 e. The average molecular weight is 397 g/mol. The van der Waals surface area contributed by atoms with Crippen molar-refractivity contribution < 1.29 is 9.53 Å². The molecular formula is C25H23N3O2. The van der Waals surface area contributed by atoms with Gasteiger partial charge in [-0.15, -0.1) is 0 Å². The predicted molar refractivity (Wildman–Crippen MR) is 118 cm³/mol. The van der Waals surface area contributed by atoms with Crippen LogP contribution in [0.2, 0.25) is 0 Å². The smallest absolute Gasteiger partial charge is 0.354 e. The van der Waals surface area contributed by atoms with Gasteiger partial charge in [0.2, 0.25) is 5.69 Å². The van der Waals surface area contributed by atoms with Crippen molar-refractivity contribution in [3.8, 4) is 11.1 Å². The van der Waals surface area contributed by atoms with E-state index in [1.54, 1.807) is 11.5 Å². The zero-order valence-corrected chi connectivity index (χ0v) is 17.4. The summed E-state index contributed by atoms with van der Waals surface area (Å²) in [6, 6.07) is 15.5. The van der Waals surface area contributed by atoms with E-state index in [0.29, 0.717) is 29.1 Å². The van der Waals surface area contributed by atoms with Gasteiger partial charge in [0.1, 0.15) is 5.69 Å². The number of esters is 1. The lowest BCUT2D eigenvalue weighted by molar-refractivity contribution is 0.0516. The summed E-state index contributed by atoms with van der Waals surface area (Å²) in [5, 5.41) is 0. The van der Waals surface area contributed by atoms with Crippen LogP contribution in [-0.2, 0) is 24.6 Å². The molecule has 0 atom stereocenters. The number of benzene rings is 2. The summed E-state index contributed by atoms with van der Waals surface area (Å²) in [6.07, 6.45) is 1.40. The molecule has 0 spiro atoms. The van der Waals surface area contributed by atoms with Crippen LogP contribution in [0.1, 0.15) is 41.2 Å². The first kappa shape index (κ1) is 20.9. The van der Waals surface area contributed by atoms with Gasteiger partial charge in [0.15, 0.2) is 5.69 Å². The highest BCUT2D eigenvalue weighted by Crippen LogP contribution is 2.40. The van der Waals surface area contributed by atoms with Gasteiger partial charge in [0, 0.05) is 18.3 Å². The van der Waals surface area contributed by atoms with E-state index in [1.807, 2.05) is 62.5 Å². The van der Waals surface area contributed by atoms with E-state index in [1.165, 1.54) is 0 Å². The van der Waals surface area contributed by atoms with Crippen LogP contribution in [0.5, 0.6) is 0 Å². The van der Waals surface area contributed by atoms with Gasteiger partial charge in [-0.2, -0.15) is 0 Å². The van der Waals surface area contributed by atoms with Crippen molar-refractivity contribution in [1.29, 1.82) is 0 Å². The summed E-state index contributed by atoms with van der Waals surface area (Å²) >= 11 is 0. The Morgan fingerprint density at radius 2 is 1.57 bits per heavy atom. The second-order valence-corrected chi connectivity index (χ2v) is 6.92. The number of hydrogen-bond donors (Lipinski definition) is 0. The molecule has 0 unspecified atom stereocenters. The summed E-state index contributed by atoms with van der Waals surface area (Å²) in [6.45, 7) is 18.8. The Labute approximate surface area is 177 Å². The fourth-order valence-electron chi connectivity index (χ4n) is 3.67. The lowest BCUT2D eigenvalue weighted by Crippen LogP contribution is -2.12. The number of rotatable bonds is 6. The first-order chi connectivity index (χ1) is 14.5. The van der Waals surface area contributed by atoms with Crippen LogP contribution >= 0.6 is 0 Å². The van der Waals surface area contributed by atoms with E-state index in [4.69, 9.17) is 17.9 Å². The highest BCUT2D eigenvalue weighted by atomic mass is 16.5. The van der Waals surface area contributed by atoms with Crippen LogP contribution in [0.3, 0.4) is 0 Å². The third-order valence-corrected chi connectivity index (χ3v) is 5.12. The number of carbonyl (C=O) groups is 1. The summed E-state index contributed by atoms with van der Waals surface area (Å²) in [4.78, 5) is 19.8. The standard InChI is InChI=1S/C25H23N3O2/c1-6-21-23(27-4)22(24(28(21)5)25(29)30-7-2)19-12-8-17(9-13-19)16-18-10-14-20(26-3)15-11-18/h8-15H,6-7,16H2,1-2,5H3. The van der Waals surface area contributed by atoms with E-state index in [-0.39, 0.29) is 6.61 Å². The summed E-state index contributed by atoms with van der Waals surface area (Å²) in [5.41, 5.74) is 6.07. The quantitative estimate of drug-likeness (QED) is 0.371. The van der Waals surface area contributed by atoms with E-state index in [0.717, 1.165) is 28.8 Å². The Hall–Kier alpha value is -3.83. The number of ether oxygens (including phenoxy) is 1. The molecule has 0 N–H and O–H groups in total. The van der Waals surface area contributed by atoms with Crippen molar-refractivity contribution in [2.24, 2.45) is 7.05 Å². The van der Waals surface area contributed by atoms with Crippen LogP contribution < -0.4 is 0 Å². The van der Waals surface area contributed by atoms with E-state index in [2.05, 4.69) is 9.69 Å². The van der Waals surface area contributed by atoms with Gasteiger partial charge in [-0.05, 0) is 36.5 Å². The molecule has 30 heavy (non-hydrogen) atoms. The molecule has 150 valence electrons. The number of nitrogens with zero attached hydrogens (tertiary/aromatic N) is 3. The highest BCUT2D eigenvalue weighted by molar-refractivity contribution is 6.01. The van der Waals surface area contributed by atoms with Crippen molar-refractivity contribution >= 4 is 17.3 Å². The van der Waals surface area contributed by atoms with Crippen molar-refractivity contribution in [2.45, 2.75) is 26.7 Å². The van der Waals surface area contributed by atoms with Gasteiger partial charge in [0.05, 0.1) is 19.8 Å². The molecule has 5 nitrogen and oxygen atoms in total. The van der Waals surface area contributed by atoms with Crippen LogP contribution in [0, 0.1) is 13.1 Å². The Balaban J connectivity index is 2.00. The first-order valence-electron chi connectivity index (χ1n) is 9.85. The molecule has 5 heteroatoms. The molecule has 0 aliphatic carbocycles. The first-order valence-corrected chi connectivity index (χ1v) is 9.85. The molecule has 1 aromatic heterocycles. The molecule has 3 rings (SSSR count). The SMILES string of the molecule is [C-]#[N+]c1ccc(Cc2ccc(-c3c([N+]#[C-])c(CC)n(C)c3C(=O)OCC)cc2)cc1. The maximum atomic E-state index is 12.7. The molecule has 0 bridgehead atoms. The van der Waals surface area contributed by atoms with Crippen LogP contribution in [-0.4, -0.2) is 17.1 Å². The maximum absolute atomic E-state index is 12.7. The molecule has 0 amide bonds. The number of hydrogen-bond acceptors (Lipinski definition) is 2. The van der Waals surface area contributed by atoms with Gasteiger partial charge in [-0.3, -0.25) is 0 Å². The van der Waals surface area contributed by atoms with Crippen LogP contribution in [0.15, 0.2) is 48.5 Å². The molecule has 1 heterocycles. The predicted octanol–water partition coefficient (Wildman–Crippen LogP) is 6.12. The van der Waals surface area contributed by atoms with Gasteiger partial charge in [0.25, 0.3) is 0 Å². The number of carbonyl (C=O) groups excluding carboxylic acids is 1. The Morgan fingerprint density at radius 3 is 2.07 bits per heavy atom. The minimum Gasteiger partial charge on any atom is -0.461 e. The fraction of sp³-hybridized carbons (Fsp3) is 0.240. The van der Waals surface area contributed by atoms with Crippen molar-refractivity contribution in [3.63, 3.8) is 0 Å². The van der Waals surface area contributed by atoms with Crippen LogP contribution in [0.25, 0.3) is 20.8 Å². The second kappa shape index (κ2) is 9.11. The molecule has 0 radical (unpaired) electrons. The minimum atomic E-state index is -0.413. The molecule has 0 aliphatic rings. The molecule has 0 fully saturated rings. The van der Waals surface area contributed by atoms with Gasteiger partial charge >= 0.3 is 5.97 Å². The average Bonchev–Trinajstić information content (AvgIpc) is 3.06. The zero-order valence-electron chi connectivity index (χ0n) is 17.4. The summed E-state index contributed by atoms with van der Waals surface area (Å²) in [7, 11) is 1.81. The van der Waals surface area contributed by atoms with Gasteiger partial charge in [-0.1, -0.05) is 55.5 Å². The lowest BCUT2D eigenvalue weighted by Gasteiger charge is -2.09.